The van der Waals surface area contributed by atoms with Gasteiger partial charge in [-0.3, -0.25) is 10.1 Å². The zero-order valence-corrected chi connectivity index (χ0v) is 10.0. The topological polar surface area (TPSA) is 71.3 Å². The van der Waals surface area contributed by atoms with Crippen LogP contribution in [0.25, 0.3) is 0 Å². The van der Waals surface area contributed by atoms with Gasteiger partial charge in [0.25, 0.3) is 0 Å². The van der Waals surface area contributed by atoms with Crippen molar-refractivity contribution in [1.82, 2.24) is 10.3 Å². The number of hydrogen-bond acceptors (Lipinski definition) is 5. The Morgan fingerprint density at radius 3 is 3.00 bits per heavy atom. The Bertz CT molecular complexity index is 435. The summed E-state index contributed by atoms with van der Waals surface area (Å²) in [6.07, 6.45) is 0. The molecule has 0 spiro atoms. The van der Waals surface area contributed by atoms with Gasteiger partial charge in [-0.1, -0.05) is 0 Å². The lowest BCUT2D eigenvalue weighted by Crippen LogP contribution is -2.49. The van der Waals surface area contributed by atoms with Crippen LogP contribution in [-0.2, 0) is 0 Å². The van der Waals surface area contributed by atoms with Crippen molar-refractivity contribution in [1.29, 1.82) is 0 Å². The summed E-state index contributed by atoms with van der Waals surface area (Å²) in [5.74, 6) is 0.489. The monoisotopic (exact) mass is 236 g/mol. The van der Waals surface area contributed by atoms with E-state index in [9.17, 15) is 10.1 Å². The third-order valence-electron chi connectivity index (χ3n) is 2.86. The van der Waals surface area contributed by atoms with Crippen molar-refractivity contribution in [2.24, 2.45) is 0 Å². The molecule has 0 amide bonds. The molecule has 0 unspecified atom stereocenters. The van der Waals surface area contributed by atoms with Gasteiger partial charge in [0.2, 0.25) is 5.82 Å². The molecule has 2 heterocycles. The van der Waals surface area contributed by atoms with Crippen LogP contribution in [0.1, 0.15) is 12.6 Å². The summed E-state index contributed by atoms with van der Waals surface area (Å²) >= 11 is 0. The number of hydrogen-bond donors (Lipinski definition) is 1. The fourth-order valence-electron chi connectivity index (χ4n) is 2.04. The van der Waals surface area contributed by atoms with Crippen LogP contribution in [0.5, 0.6) is 0 Å². The number of pyridine rings is 1. The largest absolute Gasteiger partial charge is 0.348 e. The maximum atomic E-state index is 11.0. The van der Waals surface area contributed by atoms with Crippen molar-refractivity contribution in [2.75, 3.05) is 24.5 Å². The van der Waals surface area contributed by atoms with E-state index in [1.54, 1.807) is 6.07 Å². The maximum absolute atomic E-state index is 11.0. The first-order chi connectivity index (χ1) is 8.08. The summed E-state index contributed by atoms with van der Waals surface area (Å²) in [6, 6.07) is 3.53. The molecule has 1 N–H and O–H groups in total. The van der Waals surface area contributed by atoms with Gasteiger partial charge >= 0.3 is 5.69 Å². The van der Waals surface area contributed by atoms with Gasteiger partial charge in [0.05, 0.1) is 4.92 Å². The van der Waals surface area contributed by atoms with E-state index in [-0.39, 0.29) is 10.6 Å². The minimum atomic E-state index is -0.367. The van der Waals surface area contributed by atoms with Gasteiger partial charge in [0.15, 0.2) is 0 Å². The first-order valence-electron chi connectivity index (χ1n) is 5.68. The Morgan fingerprint density at radius 1 is 1.59 bits per heavy atom. The van der Waals surface area contributed by atoms with Crippen LogP contribution < -0.4 is 10.2 Å². The van der Waals surface area contributed by atoms with Crippen LogP contribution in [0.15, 0.2) is 12.1 Å². The average molecular weight is 236 g/mol. The third-order valence-corrected chi connectivity index (χ3v) is 2.86. The lowest BCUT2D eigenvalue weighted by atomic mass is 10.2. The second-order valence-corrected chi connectivity index (χ2v) is 4.35. The summed E-state index contributed by atoms with van der Waals surface area (Å²) in [6.45, 7) is 6.24. The highest BCUT2D eigenvalue weighted by molar-refractivity contribution is 5.58. The van der Waals surface area contributed by atoms with E-state index < -0.39 is 0 Å². The predicted molar refractivity (Wildman–Crippen MR) is 65.3 cm³/mol. The molecule has 17 heavy (non-hydrogen) atoms. The summed E-state index contributed by atoms with van der Waals surface area (Å²) < 4.78 is 0. The molecule has 1 saturated heterocycles. The molecule has 1 aromatic rings. The molecule has 0 aliphatic carbocycles. The van der Waals surface area contributed by atoms with Crippen molar-refractivity contribution in [2.45, 2.75) is 19.9 Å². The molecule has 6 heteroatoms. The average Bonchev–Trinajstić information content (AvgIpc) is 2.28. The molecule has 0 bridgehead atoms. The van der Waals surface area contributed by atoms with Gasteiger partial charge in [0, 0.05) is 37.4 Å². The second kappa shape index (κ2) is 4.67. The minimum absolute atomic E-state index is 0.0877. The summed E-state index contributed by atoms with van der Waals surface area (Å²) in [4.78, 5) is 16.9. The Morgan fingerprint density at radius 2 is 2.35 bits per heavy atom. The van der Waals surface area contributed by atoms with Crippen LogP contribution in [0.3, 0.4) is 0 Å². The Kier molecular flexibility index (Phi) is 3.23. The first-order valence-corrected chi connectivity index (χ1v) is 5.68. The van der Waals surface area contributed by atoms with Crippen molar-refractivity contribution in [3.05, 3.63) is 27.9 Å². The molecular formula is C11H16N4O2. The highest BCUT2D eigenvalue weighted by atomic mass is 16.6. The van der Waals surface area contributed by atoms with Crippen LogP contribution in [0.4, 0.5) is 11.5 Å². The highest BCUT2D eigenvalue weighted by Gasteiger charge is 2.24. The SMILES string of the molecule is Cc1ccc([N+](=O)[O-])c(N2CCN[C@@H](C)C2)n1. The van der Waals surface area contributed by atoms with Crippen LogP contribution in [0.2, 0.25) is 0 Å². The molecule has 0 aromatic carbocycles. The van der Waals surface area contributed by atoms with E-state index in [0.29, 0.717) is 11.9 Å². The smallest absolute Gasteiger partial charge is 0.311 e. The predicted octanol–water partition coefficient (Wildman–Crippen LogP) is 1.10. The molecular weight excluding hydrogens is 220 g/mol. The highest BCUT2D eigenvalue weighted by Crippen LogP contribution is 2.26. The Labute approximate surface area is 99.8 Å². The molecule has 1 aromatic heterocycles. The number of nitro groups is 1. The van der Waals surface area contributed by atoms with Gasteiger partial charge in [-0.05, 0) is 19.9 Å². The fourth-order valence-corrected chi connectivity index (χ4v) is 2.04. The molecule has 6 nitrogen and oxygen atoms in total. The normalized spacial score (nSPS) is 20.4. The maximum Gasteiger partial charge on any atom is 0.311 e. The number of rotatable bonds is 2. The molecule has 1 aliphatic heterocycles. The molecule has 1 fully saturated rings. The van der Waals surface area contributed by atoms with Crippen molar-refractivity contribution in [3.63, 3.8) is 0 Å². The van der Waals surface area contributed by atoms with E-state index in [2.05, 4.69) is 17.2 Å². The zero-order chi connectivity index (χ0) is 12.4. The van der Waals surface area contributed by atoms with Crippen LogP contribution in [-0.4, -0.2) is 35.6 Å². The summed E-state index contributed by atoms with van der Waals surface area (Å²) in [7, 11) is 0. The molecule has 0 radical (unpaired) electrons. The molecule has 92 valence electrons. The number of aromatic nitrogens is 1. The first kappa shape index (κ1) is 11.8. The fraction of sp³-hybridized carbons (Fsp3) is 0.545. The lowest BCUT2D eigenvalue weighted by Gasteiger charge is -2.32. The number of aryl methyl sites for hydroxylation is 1. The quantitative estimate of drug-likeness (QED) is 0.615. The zero-order valence-electron chi connectivity index (χ0n) is 10.0. The van der Waals surface area contributed by atoms with Crippen LogP contribution in [0, 0.1) is 17.0 Å². The van der Waals surface area contributed by atoms with Gasteiger partial charge in [-0.15, -0.1) is 0 Å². The lowest BCUT2D eigenvalue weighted by molar-refractivity contribution is -0.384. The van der Waals surface area contributed by atoms with Gasteiger partial charge in [-0.25, -0.2) is 4.98 Å². The number of piperazine rings is 1. The van der Waals surface area contributed by atoms with Crippen molar-refractivity contribution < 1.29 is 4.92 Å². The Balaban J connectivity index is 2.35. The molecule has 0 saturated carbocycles. The van der Waals surface area contributed by atoms with Crippen molar-refractivity contribution >= 4 is 11.5 Å². The number of nitrogens with zero attached hydrogens (tertiary/aromatic N) is 3. The van der Waals surface area contributed by atoms with E-state index >= 15 is 0 Å². The minimum Gasteiger partial charge on any atom is -0.348 e. The van der Waals surface area contributed by atoms with Gasteiger partial charge in [-0.2, -0.15) is 0 Å². The van der Waals surface area contributed by atoms with E-state index in [4.69, 9.17) is 0 Å². The molecule has 1 aliphatic rings. The molecule has 1 atom stereocenters. The van der Waals surface area contributed by atoms with E-state index in [0.717, 1.165) is 25.3 Å². The van der Waals surface area contributed by atoms with Crippen LogP contribution >= 0.6 is 0 Å². The van der Waals surface area contributed by atoms with Gasteiger partial charge < -0.3 is 10.2 Å². The third kappa shape index (κ3) is 2.52. The summed E-state index contributed by atoms with van der Waals surface area (Å²) in [5, 5.41) is 14.3. The van der Waals surface area contributed by atoms with Gasteiger partial charge in [0.1, 0.15) is 0 Å². The standard InChI is InChI=1S/C11H16N4O2/c1-8-3-4-10(15(16)17)11(13-8)14-6-5-12-9(2)7-14/h3-4,9,12H,5-7H2,1-2H3/t9-/m0/s1. The number of anilines is 1. The Hall–Kier alpha value is -1.69. The molecule has 2 rings (SSSR count). The summed E-state index contributed by atoms with van der Waals surface area (Å²) in [5.41, 5.74) is 0.890. The second-order valence-electron chi connectivity index (χ2n) is 4.35. The van der Waals surface area contributed by atoms with Crippen molar-refractivity contribution in [3.8, 4) is 0 Å². The van der Waals surface area contributed by atoms with E-state index in [1.807, 2.05) is 11.8 Å². The number of nitrogens with one attached hydrogen (secondary N) is 1. The van der Waals surface area contributed by atoms with E-state index in [1.165, 1.54) is 6.07 Å².